The molecule has 0 aliphatic rings. The van der Waals surface area contributed by atoms with Crippen molar-refractivity contribution in [1.82, 2.24) is 5.32 Å². The van der Waals surface area contributed by atoms with Crippen LogP contribution < -0.4 is 5.32 Å². The monoisotopic (exact) mass is 930 g/mol. The number of nitrogens with one attached hydrogen (secondary N) is 1. The second-order valence-corrected chi connectivity index (χ2v) is 19.3. The molecule has 0 spiro atoms. The molecular formula is C63H111NO3. The number of hydrogen-bond donors (Lipinski definition) is 3. The van der Waals surface area contributed by atoms with Gasteiger partial charge in [-0.2, -0.15) is 0 Å². The van der Waals surface area contributed by atoms with Crippen molar-refractivity contribution in [3.8, 4) is 0 Å². The van der Waals surface area contributed by atoms with Gasteiger partial charge in [-0.3, -0.25) is 4.79 Å². The predicted octanol–water partition coefficient (Wildman–Crippen LogP) is 19.3. The summed E-state index contributed by atoms with van der Waals surface area (Å²) in [7, 11) is 0. The van der Waals surface area contributed by atoms with Gasteiger partial charge in [0.15, 0.2) is 0 Å². The Morgan fingerprint density at radius 2 is 0.657 bits per heavy atom. The molecule has 2 atom stereocenters. The van der Waals surface area contributed by atoms with E-state index in [-0.39, 0.29) is 12.5 Å². The number of carbonyl (C=O) groups is 1. The van der Waals surface area contributed by atoms with E-state index in [1.54, 1.807) is 6.08 Å². The van der Waals surface area contributed by atoms with E-state index in [1.165, 1.54) is 173 Å². The molecule has 3 N–H and O–H groups in total. The van der Waals surface area contributed by atoms with Crippen molar-refractivity contribution in [3.63, 3.8) is 0 Å². The summed E-state index contributed by atoms with van der Waals surface area (Å²) < 4.78 is 0. The van der Waals surface area contributed by atoms with Crippen molar-refractivity contribution in [1.29, 1.82) is 0 Å². The molecular weight excluding hydrogens is 819 g/mol. The Balaban J connectivity index is 3.58. The van der Waals surface area contributed by atoms with E-state index >= 15 is 0 Å². The van der Waals surface area contributed by atoms with Crippen LogP contribution in [-0.2, 0) is 4.79 Å². The van der Waals surface area contributed by atoms with Crippen LogP contribution in [0.5, 0.6) is 0 Å². The average Bonchev–Trinajstić information content (AvgIpc) is 3.33. The Hall–Kier alpha value is -2.69. The number of allylic oxidation sites excluding steroid dienone is 15. The van der Waals surface area contributed by atoms with Gasteiger partial charge >= 0.3 is 0 Å². The van der Waals surface area contributed by atoms with Gasteiger partial charge in [0.2, 0.25) is 5.91 Å². The third kappa shape index (κ3) is 54.1. The zero-order chi connectivity index (χ0) is 48.5. The highest BCUT2D eigenvalue weighted by Crippen LogP contribution is 2.17. The lowest BCUT2D eigenvalue weighted by Gasteiger charge is -2.20. The minimum atomic E-state index is -0.856. The molecule has 386 valence electrons. The minimum absolute atomic E-state index is 0.0840. The fraction of sp³-hybridized carbons (Fsp3) is 0.730. The van der Waals surface area contributed by atoms with Crippen LogP contribution in [0.15, 0.2) is 97.2 Å². The third-order valence-corrected chi connectivity index (χ3v) is 12.8. The van der Waals surface area contributed by atoms with Crippen molar-refractivity contribution in [2.75, 3.05) is 6.61 Å². The fourth-order valence-electron chi connectivity index (χ4n) is 8.45. The summed E-state index contributed by atoms with van der Waals surface area (Å²) in [6, 6.07) is -0.641. The molecule has 0 aliphatic carbocycles. The molecule has 0 radical (unpaired) electrons. The summed E-state index contributed by atoms with van der Waals surface area (Å²) in [6.07, 6.45) is 85.7. The Kier molecular flexibility index (Phi) is 55.3. The highest BCUT2D eigenvalue weighted by atomic mass is 16.3. The second-order valence-electron chi connectivity index (χ2n) is 19.3. The maximum atomic E-state index is 12.5. The van der Waals surface area contributed by atoms with E-state index in [0.29, 0.717) is 6.42 Å². The van der Waals surface area contributed by atoms with E-state index in [1.807, 2.05) is 6.08 Å². The summed E-state index contributed by atoms with van der Waals surface area (Å²) >= 11 is 0. The summed E-state index contributed by atoms with van der Waals surface area (Å²) in [5.74, 6) is -0.0840. The van der Waals surface area contributed by atoms with Gasteiger partial charge in [0.05, 0.1) is 18.8 Å². The highest BCUT2D eigenvalue weighted by molar-refractivity contribution is 5.76. The predicted molar refractivity (Wildman–Crippen MR) is 299 cm³/mol. The molecule has 1 amide bonds. The van der Waals surface area contributed by atoms with Crippen molar-refractivity contribution >= 4 is 5.91 Å². The first kappa shape index (κ1) is 64.3. The highest BCUT2D eigenvalue weighted by Gasteiger charge is 2.18. The number of rotatable bonds is 52. The van der Waals surface area contributed by atoms with Gasteiger partial charge in [0, 0.05) is 6.42 Å². The number of amides is 1. The maximum absolute atomic E-state index is 12.5. The molecule has 0 heterocycles. The van der Waals surface area contributed by atoms with Gasteiger partial charge in [0.25, 0.3) is 0 Å². The SMILES string of the molecule is CC/C=C\C/C=C\C/C=C\C/C=C\C/C=C\C/C=C\C/C=C\CCCCCCCC(=O)NC(CO)C(O)/C=C/CCCCCCCCCCCCCCCCCCCCCCCCCCCC. The Labute approximate surface area is 417 Å². The van der Waals surface area contributed by atoms with Gasteiger partial charge in [-0.15, -0.1) is 0 Å². The quantitative estimate of drug-likeness (QED) is 0.0420. The van der Waals surface area contributed by atoms with E-state index in [9.17, 15) is 15.0 Å². The molecule has 4 nitrogen and oxygen atoms in total. The molecule has 0 fully saturated rings. The fourth-order valence-corrected chi connectivity index (χ4v) is 8.45. The van der Waals surface area contributed by atoms with Crippen LogP contribution in [0, 0.1) is 0 Å². The molecule has 0 aromatic carbocycles. The number of hydrogen-bond acceptors (Lipinski definition) is 3. The largest absolute Gasteiger partial charge is 0.394 e. The van der Waals surface area contributed by atoms with Gasteiger partial charge in [-0.1, -0.05) is 291 Å². The lowest BCUT2D eigenvalue weighted by atomic mass is 10.0. The zero-order valence-corrected chi connectivity index (χ0v) is 44.4. The summed E-state index contributed by atoms with van der Waals surface area (Å²) in [5.41, 5.74) is 0. The number of aliphatic hydroxyl groups excluding tert-OH is 2. The van der Waals surface area contributed by atoms with Crippen molar-refractivity contribution in [2.45, 2.75) is 289 Å². The van der Waals surface area contributed by atoms with E-state index in [2.05, 4.69) is 104 Å². The van der Waals surface area contributed by atoms with Gasteiger partial charge < -0.3 is 15.5 Å². The molecule has 0 aromatic rings. The first-order chi connectivity index (χ1) is 33.2. The molecule has 0 saturated carbocycles. The summed E-state index contributed by atoms with van der Waals surface area (Å²) in [6.45, 7) is 4.20. The van der Waals surface area contributed by atoms with Crippen molar-refractivity contribution in [2.24, 2.45) is 0 Å². The molecule has 0 bridgehead atoms. The van der Waals surface area contributed by atoms with Crippen LogP contribution in [0.4, 0.5) is 0 Å². The Morgan fingerprint density at radius 3 is 0.985 bits per heavy atom. The van der Waals surface area contributed by atoms with Crippen LogP contribution in [0.1, 0.15) is 277 Å². The molecule has 0 saturated heterocycles. The average molecular weight is 931 g/mol. The maximum Gasteiger partial charge on any atom is 0.220 e. The minimum Gasteiger partial charge on any atom is -0.394 e. The number of aliphatic hydroxyl groups is 2. The van der Waals surface area contributed by atoms with Crippen LogP contribution >= 0.6 is 0 Å². The Bertz CT molecular complexity index is 1240. The first-order valence-electron chi connectivity index (χ1n) is 29.0. The lowest BCUT2D eigenvalue weighted by Crippen LogP contribution is -2.45. The second kappa shape index (κ2) is 57.6. The van der Waals surface area contributed by atoms with Gasteiger partial charge in [0.1, 0.15) is 0 Å². The normalized spacial score (nSPS) is 13.6. The van der Waals surface area contributed by atoms with Crippen LogP contribution in [0.2, 0.25) is 0 Å². The van der Waals surface area contributed by atoms with Crippen LogP contribution in [-0.4, -0.2) is 34.9 Å². The van der Waals surface area contributed by atoms with E-state index in [4.69, 9.17) is 0 Å². The summed E-state index contributed by atoms with van der Waals surface area (Å²) in [5, 5.41) is 23.2. The lowest BCUT2D eigenvalue weighted by molar-refractivity contribution is -0.123. The topological polar surface area (TPSA) is 69.6 Å². The van der Waals surface area contributed by atoms with E-state index in [0.717, 1.165) is 83.5 Å². The summed E-state index contributed by atoms with van der Waals surface area (Å²) in [4.78, 5) is 12.5. The molecule has 0 rings (SSSR count). The zero-order valence-electron chi connectivity index (χ0n) is 44.4. The molecule has 2 unspecified atom stereocenters. The molecule has 4 heteroatoms. The van der Waals surface area contributed by atoms with Crippen LogP contribution in [0.3, 0.4) is 0 Å². The van der Waals surface area contributed by atoms with Gasteiger partial charge in [-0.05, 0) is 77.0 Å². The van der Waals surface area contributed by atoms with E-state index < -0.39 is 12.1 Å². The van der Waals surface area contributed by atoms with Crippen LogP contribution in [0.25, 0.3) is 0 Å². The Morgan fingerprint density at radius 1 is 0.373 bits per heavy atom. The van der Waals surface area contributed by atoms with Gasteiger partial charge in [-0.25, -0.2) is 0 Å². The van der Waals surface area contributed by atoms with Crippen molar-refractivity contribution in [3.05, 3.63) is 97.2 Å². The first-order valence-corrected chi connectivity index (χ1v) is 29.0. The molecule has 0 aromatic heterocycles. The molecule has 67 heavy (non-hydrogen) atoms. The number of carbonyl (C=O) groups excluding carboxylic acids is 1. The van der Waals surface area contributed by atoms with Crippen molar-refractivity contribution < 1.29 is 15.0 Å². The number of unbranched alkanes of at least 4 members (excludes halogenated alkanes) is 31. The molecule has 0 aliphatic heterocycles. The third-order valence-electron chi connectivity index (χ3n) is 12.8. The standard InChI is InChI=1S/C63H111NO3/c1-3-5-7-9-11-13-15-17-19-21-23-25-27-29-31-33-34-36-38-40-42-44-46-48-50-52-54-56-58-62(66)61(60-65)64-63(67)59-57-55-53-51-49-47-45-43-41-39-37-35-32-30-28-26-24-22-20-18-16-14-12-10-8-6-4-2/h6,8,12,14,18,20,24,26,30,32,37,39,43,45,56,58,61-62,65-66H,3-5,7,9-11,13,15-17,19,21-23,25,27-29,31,33-36,38,40-42,44,46-55,57,59-60H2,1-2H3,(H,64,67)/b8-6-,14-12-,20-18-,26-24-,32-30-,39-37-,45-43-,58-56+. The smallest absolute Gasteiger partial charge is 0.220 e.